The summed E-state index contributed by atoms with van der Waals surface area (Å²) in [6.45, 7) is -0.789. The molecule has 4 aromatic rings. The molecule has 12 nitrogen and oxygen atoms in total. The van der Waals surface area contributed by atoms with Crippen LogP contribution in [0.1, 0.15) is 24.2 Å². The van der Waals surface area contributed by atoms with Gasteiger partial charge in [-0.15, -0.1) is 0 Å². The van der Waals surface area contributed by atoms with E-state index in [9.17, 15) is 36.7 Å². The zero-order valence-corrected chi connectivity index (χ0v) is 25.4. The summed E-state index contributed by atoms with van der Waals surface area (Å²) in [5, 5.41) is 4.86. The van der Waals surface area contributed by atoms with Gasteiger partial charge in [-0.05, 0) is 43.2 Å². The monoisotopic (exact) mass is 658 g/mol. The quantitative estimate of drug-likeness (QED) is 0.154. The Labute approximate surface area is 265 Å². The second kappa shape index (κ2) is 15.1. The molecule has 1 unspecified atom stereocenters. The molecule has 248 valence electrons. The molecule has 0 bridgehead atoms. The van der Waals surface area contributed by atoms with Crippen LogP contribution in [0.15, 0.2) is 59.5 Å². The average Bonchev–Trinajstić information content (AvgIpc) is 3.45. The fourth-order valence-electron chi connectivity index (χ4n) is 4.33. The Morgan fingerprint density at radius 2 is 1.85 bits per heavy atom. The number of alkyl carbamates (subject to hydrolysis) is 1. The van der Waals surface area contributed by atoms with Crippen LogP contribution in [0, 0.1) is 23.3 Å². The number of aromatic amines is 1. The number of halogens is 4. The van der Waals surface area contributed by atoms with E-state index in [-0.39, 0.29) is 53.4 Å². The summed E-state index contributed by atoms with van der Waals surface area (Å²) in [5.41, 5.74) is -1.44. The molecular formula is C31H30F4N6O6. The molecule has 0 aliphatic carbocycles. The molecule has 1 atom stereocenters. The number of ether oxygens (including phenoxy) is 2. The molecule has 47 heavy (non-hydrogen) atoms. The highest BCUT2D eigenvalue weighted by atomic mass is 19.1. The number of allylic oxidation sites excluding steroid dienone is 1. The van der Waals surface area contributed by atoms with Crippen molar-refractivity contribution in [3.8, 4) is 5.75 Å². The summed E-state index contributed by atoms with van der Waals surface area (Å²) >= 11 is 0. The van der Waals surface area contributed by atoms with Gasteiger partial charge in [-0.3, -0.25) is 14.4 Å². The molecule has 16 heteroatoms. The van der Waals surface area contributed by atoms with Gasteiger partial charge in [0.05, 0.1) is 13.7 Å². The third kappa shape index (κ3) is 8.53. The van der Waals surface area contributed by atoms with Gasteiger partial charge < -0.3 is 34.6 Å². The predicted molar refractivity (Wildman–Crippen MR) is 162 cm³/mol. The number of hydrogen-bond acceptors (Lipinski definition) is 7. The van der Waals surface area contributed by atoms with E-state index < -0.39 is 59.2 Å². The number of amides is 3. The molecule has 2 aromatic carbocycles. The standard InChI is InChI=1S/C31H30F4N6O6/c1-40(2)25(42)9-5-4-7-22(37-31(45)46-3)29(43)36-23-8-6-12-41(30(23)44)15-24-38-26-20(34)14-21(35)28(27(26)39-24)47-16-17-10-11-18(32)13-19(17)33/h5-6,8-14,22H,4,7,15-16H2,1-3H3,(H,36,43)(H,37,45)(H,38,39). The van der Waals surface area contributed by atoms with Gasteiger partial charge in [-0.1, -0.05) is 6.08 Å². The maximum Gasteiger partial charge on any atom is 0.407 e. The molecule has 0 spiro atoms. The van der Waals surface area contributed by atoms with E-state index in [2.05, 4.69) is 25.3 Å². The van der Waals surface area contributed by atoms with Crippen molar-refractivity contribution < 1.29 is 41.4 Å². The number of imidazole rings is 1. The summed E-state index contributed by atoms with van der Waals surface area (Å²) in [4.78, 5) is 58.2. The molecule has 3 N–H and O–H groups in total. The fourth-order valence-corrected chi connectivity index (χ4v) is 4.33. The number of carbonyl (C=O) groups is 3. The summed E-state index contributed by atoms with van der Waals surface area (Å²) < 4.78 is 67.9. The number of carbonyl (C=O) groups excluding carboxylic acids is 3. The SMILES string of the molecule is COC(=O)NC(CCC=CC(=O)N(C)C)C(=O)Nc1cccn(Cc2nc3c(OCc4ccc(F)cc4F)c(F)cc(F)c3[nH]2)c1=O. The number of hydrogen-bond donors (Lipinski definition) is 3. The van der Waals surface area contributed by atoms with Gasteiger partial charge in [0.1, 0.15) is 46.8 Å². The molecule has 0 saturated carbocycles. The first-order valence-corrected chi connectivity index (χ1v) is 14.0. The second-order valence-electron chi connectivity index (χ2n) is 10.3. The van der Waals surface area contributed by atoms with E-state index >= 15 is 0 Å². The predicted octanol–water partition coefficient (Wildman–Crippen LogP) is 4.00. The van der Waals surface area contributed by atoms with Gasteiger partial charge in [0.2, 0.25) is 11.8 Å². The van der Waals surface area contributed by atoms with Gasteiger partial charge in [0.25, 0.3) is 5.56 Å². The lowest BCUT2D eigenvalue weighted by atomic mass is 10.1. The minimum absolute atomic E-state index is 0.0113. The molecule has 3 amide bonds. The zero-order valence-electron chi connectivity index (χ0n) is 25.4. The van der Waals surface area contributed by atoms with Crippen molar-refractivity contribution in [2.45, 2.75) is 32.0 Å². The minimum Gasteiger partial charge on any atom is -0.483 e. The maximum absolute atomic E-state index is 14.7. The number of H-pyrrole nitrogens is 1. The van der Waals surface area contributed by atoms with Crippen molar-refractivity contribution in [3.05, 3.63) is 99.8 Å². The Balaban J connectivity index is 1.53. The van der Waals surface area contributed by atoms with Gasteiger partial charge in [0, 0.05) is 38.0 Å². The highest BCUT2D eigenvalue weighted by molar-refractivity contribution is 5.96. The van der Waals surface area contributed by atoms with Crippen LogP contribution in [-0.4, -0.2) is 64.6 Å². The maximum atomic E-state index is 14.7. The average molecular weight is 659 g/mol. The zero-order chi connectivity index (χ0) is 34.2. The molecule has 2 heterocycles. The lowest BCUT2D eigenvalue weighted by molar-refractivity contribution is -0.123. The number of anilines is 1. The highest BCUT2D eigenvalue weighted by Crippen LogP contribution is 2.30. The molecule has 0 aliphatic heterocycles. The number of benzene rings is 2. The van der Waals surface area contributed by atoms with Crippen LogP contribution in [0.2, 0.25) is 0 Å². The van der Waals surface area contributed by atoms with Gasteiger partial charge in [-0.25, -0.2) is 27.3 Å². The Hall–Kier alpha value is -5.67. The van der Waals surface area contributed by atoms with Crippen molar-refractivity contribution in [3.63, 3.8) is 0 Å². The van der Waals surface area contributed by atoms with E-state index in [1.165, 1.54) is 35.4 Å². The third-order valence-electron chi connectivity index (χ3n) is 6.78. The van der Waals surface area contributed by atoms with Crippen LogP contribution in [0.25, 0.3) is 11.0 Å². The fraction of sp³-hybridized carbons (Fsp3) is 0.258. The summed E-state index contributed by atoms with van der Waals surface area (Å²) in [7, 11) is 4.27. The van der Waals surface area contributed by atoms with Crippen molar-refractivity contribution in [2.75, 3.05) is 26.5 Å². The number of nitrogens with zero attached hydrogens (tertiary/aromatic N) is 3. The van der Waals surface area contributed by atoms with Crippen LogP contribution >= 0.6 is 0 Å². The number of methoxy groups -OCH3 is 1. The van der Waals surface area contributed by atoms with Crippen LogP contribution in [0.5, 0.6) is 5.75 Å². The van der Waals surface area contributed by atoms with E-state index in [1.807, 2.05) is 0 Å². The molecule has 4 rings (SSSR count). The van der Waals surface area contributed by atoms with Gasteiger partial charge >= 0.3 is 6.09 Å². The second-order valence-corrected chi connectivity index (χ2v) is 10.3. The molecular weight excluding hydrogens is 628 g/mol. The van der Waals surface area contributed by atoms with Crippen LogP contribution in [0.4, 0.5) is 28.0 Å². The van der Waals surface area contributed by atoms with E-state index in [0.29, 0.717) is 12.1 Å². The number of nitrogens with one attached hydrogen (secondary N) is 3. The van der Waals surface area contributed by atoms with Crippen LogP contribution in [0.3, 0.4) is 0 Å². The van der Waals surface area contributed by atoms with Crippen molar-refractivity contribution in [1.29, 1.82) is 0 Å². The van der Waals surface area contributed by atoms with Crippen molar-refractivity contribution in [1.82, 2.24) is 24.8 Å². The van der Waals surface area contributed by atoms with Crippen LogP contribution < -0.4 is 20.9 Å². The van der Waals surface area contributed by atoms with E-state index in [0.717, 1.165) is 23.8 Å². The Bertz CT molecular complexity index is 1890. The molecule has 2 aromatic heterocycles. The topological polar surface area (TPSA) is 148 Å². The van der Waals surface area contributed by atoms with Crippen molar-refractivity contribution in [2.24, 2.45) is 0 Å². The van der Waals surface area contributed by atoms with Crippen molar-refractivity contribution >= 4 is 34.6 Å². The van der Waals surface area contributed by atoms with E-state index in [4.69, 9.17) is 4.74 Å². The molecule has 0 radical (unpaired) electrons. The summed E-state index contributed by atoms with van der Waals surface area (Å²) in [5.74, 6) is -5.34. The van der Waals surface area contributed by atoms with Gasteiger partial charge in [0.15, 0.2) is 17.4 Å². The Morgan fingerprint density at radius 3 is 2.55 bits per heavy atom. The van der Waals surface area contributed by atoms with E-state index in [1.54, 1.807) is 14.1 Å². The lowest BCUT2D eigenvalue weighted by Crippen LogP contribution is -2.44. The Morgan fingerprint density at radius 1 is 1.09 bits per heavy atom. The molecule has 0 aliphatic rings. The number of fused-ring (bicyclic) bond motifs is 1. The lowest BCUT2D eigenvalue weighted by Gasteiger charge is -2.17. The third-order valence-corrected chi connectivity index (χ3v) is 6.78. The first kappa shape index (κ1) is 34.2. The molecule has 0 saturated heterocycles. The van der Waals surface area contributed by atoms with Gasteiger partial charge in [-0.2, -0.15) is 0 Å². The summed E-state index contributed by atoms with van der Waals surface area (Å²) in [6, 6.07) is 4.96. The largest absolute Gasteiger partial charge is 0.483 e. The smallest absolute Gasteiger partial charge is 0.407 e. The van der Waals surface area contributed by atoms with Crippen LogP contribution in [-0.2, 0) is 27.5 Å². The minimum atomic E-state index is -1.13. The number of aromatic nitrogens is 3. The highest BCUT2D eigenvalue weighted by Gasteiger charge is 2.23. The number of rotatable bonds is 12. The normalized spacial score (nSPS) is 11.8. The molecule has 0 fully saturated rings. The summed E-state index contributed by atoms with van der Waals surface area (Å²) in [6.07, 6.45) is 3.64. The number of pyridine rings is 1. The first-order valence-electron chi connectivity index (χ1n) is 14.0. The first-order chi connectivity index (χ1) is 22.4. The number of likely N-dealkylation sites (N-methyl/N-ethyl adjacent to an activating group) is 1. The Kier molecular flexibility index (Phi) is 11.0.